The number of benzene rings is 1. The van der Waals surface area contributed by atoms with Gasteiger partial charge in [0.1, 0.15) is 0 Å². The van der Waals surface area contributed by atoms with Crippen molar-refractivity contribution in [3.8, 4) is 0 Å². The molecule has 0 unspecified atom stereocenters. The first-order valence-corrected chi connectivity index (χ1v) is 4.25. The zero-order valence-corrected chi connectivity index (χ0v) is 7.18. The number of rotatable bonds is 2. The van der Waals surface area contributed by atoms with Gasteiger partial charge in [-0.3, -0.25) is 4.79 Å². The Balaban J connectivity index is 2.24. The van der Waals surface area contributed by atoms with Crippen LogP contribution in [-0.2, 0) is 4.79 Å². The number of hydrogen-bond donors (Lipinski definition) is 0. The van der Waals surface area contributed by atoms with E-state index in [9.17, 15) is 4.79 Å². The predicted octanol–water partition coefficient (Wildman–Crippen LogP) is 1.25. The summed E-state index contributed by atoms with van der Waals surface area (Å²) in [6.07, 6.45) is 1.61. The van der Waals surface area contributed by atoms with E-state index in [1.165, 1.54) is 5.01 Å². The number of hydrogen-bond acceptors (Lipinski definition) is 2. The molecule has 1 aliphatic rings. The highest BCUT2D eigenvalue weighted by Crippen LogP contribution is 2.11. The molecule has 0 fully saturated rings. The Bertz CT molecular complexity index is 332. The highest BCUT2D eigenvalue weighted by atomic mass is 16.1. The second-order valence-corrected chi connectivity index (χ2v) is 2.93. The molecule has 66 valence electrons. The summed E-state index contributed by atoms with van der Waals surface area (Å²) in [6, 6.07) is 9.93. The third kappa shape index (κ3) is 1.59. The van der Waals surface area contributed by atoms with Gasteiger partial charge in [-0.1, -0.05) is 30.3 Å². The van der Waals surface area contributed by atoms with Crippen molar-refractivity contribution in [1.82, 2.24) is 5.01 Å². The predicted molar refractivity (Wildman–Crippen MR) is 50.4 cm³/mol. The molecular weight excluding hydrogens is 164 g/mol. The summed E-state index contributed by atoms with van der Waals surface area (Å²) in [5.41, 5.74) is 2.10. The molecule has 1 aromatic rings. The molecule has 0 aliphatic carbocycles. The van der Waals surface area contributed by atoms with Crippen LogP contribution in [0.2, 0.25) is 0 Å². The van der Waals surface area contributed by atoms with E-state index in [-0.39, 0.29) is 0 Å². The van der Waals surface area contributed by atoms with Crippen molar-refractivity contribution < 1.29 is 4.79 Å². The number of hydrazone groups is 1. The minimum Gasteiger partial charge on any atom is -0.277 e. The Morgan fingerprint density at radius 3 is 2.69 bits per heavy atom. The summed E-state index contributed by atoms with van der Waals surface area (Å²) in [7, 11) is 0. The fraction of sp³-hybridized carbons (Fsp3) is 0.200. The molecule has 1 aliphatic heterocycles. The highest BCUT2D eigenvalue weighted by Gasteiger charge is 2.14. The molecule has 1 aromatic carbocycles. The normalized spacial score (nSPS) is 15.7. The van der Waals surface area contributed by atoms with Crippen LogP contribution in [0.1, 0.15) is 12.0 Å². The van der Waals surface area contributed by atoms with E-state index in [0.717, 1.165) is 24.1 Å². The smallest absolute Gasteiger partial charge is 0.229 e. The van der Waals surface area contributed by atoms with E-state index in [1.807, 2.05) is 30.3 Å². The molecule has 0 spiro atoms. The third-order valence-electron chi connectivity index (χ3n) is 2.06. The molecule has 0 saturated carbocycles. The lowest BCUT2D eigenvalue weighted by Gasteiger charge is -1.99. The molecule has 0 N–H and O–H groups in total. The molecule has 0 aromatic heterocycles. The van der Waals surface area contributed by atoms with Gasteiger partial charge in [0.25, 0.3) is 0 Å². The molecule has 3 heteroatoms. The van der Waals surface area contributed by atoms with Gasteiger partial charge in [0.05, 0.1) is 5.71 Å². The van der Waals surface area contributed by atoms with E-state index in [0.29, 0.717) is 6.54 Å². The summed E-state index contributed by atoms with van der Waals surface area (Å²) in [4.78, 5) is 10.4. The standard InChI is InChI=1S/C10H10N2O/c13-8-12-7-6-10(11-12)9-4-2-1-3-5-9/h1-5,8H,6-7H2. The maximum atomic E-state index is 10.4. The lowest BCUT2D eigenvalue weighted by molar-refractivity contribution is -0.117. The van der Waals surface area contributed by atoms with Crippen molar-refractivity contribution in [2.24, 2.45) is 5.10 Å². The minimum atomic E-state index is 0.702. The van der Waals surface area contributed by atoms with Crippen LogP contribution in [-0.4, -0.2) is 23.7 Å². The van der Waals surface area contributed by atoms with Crippen LogP contribution >= 0.6 is 0 Å². The number of carbonyl (C=O) groups is 1. The first-order valence-electron chi connectivity index (χ1n) is 4.25. The zero-order chi connectivity index (χ0) is 9.10. The van der Waals surface area contributed by atoms with Crippen LogP contribution in [0.4, 0.5) is 0 Å². The Morgan fingerprint density at radius 2 is 2.08 bits per heavy atom. The van der Waals surface area contributed by atoms with Gasteiger partial charge in [0.15, 0.2) is 0 Å². The van der Waals surface area contributed by atoms with Gasteiger partial charge in [0, 0.05) is 13.0 Å². The van der Waals surface area contributed by atoms with Gasteiger partial charge in [-0.15, -0.1) is 0 Å². The largest absolute Gasteiger partial charge is 0.277 e. The van der Waals surface area contributed by atoms with Gasteiger partial charge in [0.2, 0.25) is 6.41 Å². The van der Waals surface area contributed by atoms with Gasteiger partial charge in [-0.05, 0) is 5.56 Å². The van der Waals surface area contributed by atoms with Crippen molar-refractivity contribution in [1.29, 1.82) is 0 Å². The van der Waals surface area contributed by atoms with Gasteiger partial charge in [-0.2, -0.15) is 5.10 Å². The first-order chi connectivity index (χ1) is 6.40. The van der Waals surface area contributed by atoms with Gasteiger partial charge >= 0.3 is 0 Å². The van der Waals surface area contributed by atoms with Crippen LogP contribution in [0, 0.1) is 0 Å². The SMILES string of the molecule is O=CN1CCC(c2ccccc2)=N1. The van der Waals surface area contributed by atoms with Crippen LogP contribution in [0.15, 0.2) is 35.4 Å². The average molecular weight is 174 g/mol. The molecule has 0 atom stereocenters. The maximum Gasteiger partial charge on any atom is 0.229 e. The zero-order valence-electron chi connectivity index (χ0n) is 7.18. The molecule has 2 rings (SSSR count). The monoisotopic (exact) mass is 174 g/mol. The van der Waals surface area contributed by atoms with Gasteiger partial charge in [-0.25, -0.2) is 5.01 Å². The molecule has 1 amide bonds. The highest BCUT2D eigenvalue weighted by molar-refractivity contribution is 6.01. The molecular formula is C10H10N2O. The Hall–Kier alpha value is -1.64. The summed E-state index contributed by atoms with van der Waals surface area (Å²) < 4.78 is 0. The van der Waals surface area contributed by atoms with E-state index in [4.69, 9.17) is 0 Å². The van der Waals surface area contributed by atoms with Crippen molar-refractivity contribution in [3.63, 3.8) is 0 Å². The second-order valence-electron chi connectivity index (χ2n) is 2.93. The molecule has 13 heavy (non-hydrogen) atoms. The Morgan fingerprint density at radius 1 is 1.31 bits per heavy atom. The quantitative estimate of drug-likeness (QED) is 0.621. The average Bonchev–Trinajstić information content (AvgIpc) is 2.67. The minimum absolute atomic E-state index is 0.702. The fourth-order valence-corrected chi connectivity index (χ4v) is 1.38. The topological polar surface area (TPSA) is 32.7 Å². The molecule has 0 radical (unpaired) electrons. The van der Waals surface area contributed by atoms with Crippen molar-refractivity contribution >= 4 is 12.1 Å². The fourth-order valence-electron chi connectivity index (χ4n) is 1.38. The van der Waals surface area contributed by atoms with Crippen molar-refractivity contribution in [2.75, 3.05) is 6.54 Å². The van der Waals surface area contributed by atoms with Crippen LogP contribution in [0.25, 0.3) is 0 Å². The van der Waals surface area contributed by atoms with E-state index in [2.05, 4.69) is 5.10 Å². The van der Waals surface area contributed by atoms with E-state index >= 15 is 0 Å². The Kier molecular flexibility index (Phi) is 2.08. The lowest BCUT2D eigenvalue weighted by atomic mass is 10.1. The molecule has 0 bridgehead atoms. The number of carbonyl (C=O) groups excluding carboxylic acids is 1. The summed E-state index contributed by atoms with van der Waals surface area (Å²) in [5, 5.41) is 5.59. The molecule has 1 heterocycles. The van der Waals surface area contributed by atoms with Crippen molar-refractivity contribution in [3.05, 3.63) is 35.9 Å². The first kappa shape index (κ1) is 7.98. The summed E-state index contributed by atoms with van der Waals surface area (Å²) in [6.45, 7) is 0.702. The number of nitrogens with zero attached hydrogens (tertiary/aromatic N) is 2. The maximum absolute atomic E-state index is 10.4. The number of amides is 1. The second kappa shape index (κ2) is 3.39. The van der Waals surface area contributed by atoms with Crippen molar-refractivity contribution in [2.45, 2.75) is 6.42 Å². The van der Waals surface area contributed by atoms with Gasteiger partial charge < -0.3 is 0 Å². The Labute approximate surface area is 76.7 Å². The van der Waals surface area contributed by atoms with Crippen LogP contribution in [0.5, 0.6) is 0 Å². The van der Waals surface area contributed by atoms with E-state index < -0.39 is 0 Å². The van der Waals surface area contributed by atoms with Crippen LogP contribution in [0.3, 0.4) is 0 Å². The molecule has 0 saturated heterocycles. The summed E-state index contributed by atoms with van der Waals surface area (Å²) >= 11 is 0. The summed E-state index contributed by atoms with van der Waals surface area (Å²) in [5.74, 6) is 0. The molecule has 3 nitrogen and oxygen atoms in total. The van der Waals surface area contributed by atoms with E-state index in [1.54, 1.807) is 0 Å². The lowest BCUT2D eigenvalue weighted by Crippen LogP contribution is -2.09. The van der Waals surface area contributed by atoms with Crippen LogP contribution < -0.4 is 0 Å². The third-order valence-corrected chi connectivity index (χ3v) is 2.06.